The second-order valence-electron chi connectivity index (χ2n) is 5.80. The third kappa shape index (κ3) is 5.81. The Kier molecular flexibility index (Phi) is 6.85. The zero-order valence-electron chi connectivity index (χ0n) is 15.3. The lowest BCUT2D eigenvalue weighted by atomic mass is 10.2. The molecule has 0 radical (unpaired) electrons. The molecule has 0 aromatic heterocycles. The van der Waals surface area contributed by atoms with Crippen LogP contribution in [0.15, 0.2) is 41.3 Å². The average Bonchev–Trinajstić information content (AvgIpc) is 2.63. The highest BCUT2D eigenvalue weighted by atomic mass is 32.2. The van der Waals surface area contributed by atoms with Crippen molar-refractivity contribution in [3.63, 3.8) is 0 Å². The molecule has 2 aromatic carbocycles. The largest absolute Gasteiger partial charge is 0.534 e. The minimum atomic E-state index is -6.39. The predicted octanol–water partition coefficient (Wildman–Crippen LogP) is 4.13. The minimum absolute atomic E-state index is 0.211. The molecule has 0 fully saturated rings. The van der Waals surface area contributed by atoms with Gasteiger partial charge >= 0.3 is 27.2 Å². The van der Waals surface area contributed by atoms with Crippen LogP contribution in [-0.2, 0) is 20.0 Å². The van der Waals surface area contributed by atoms with Crippen molar-refractivity contribution in [2.75, 3.05) is 10.6 Å². The molecule has 0 unspecified atom stereocenters. The van der Waals surface area contributed by atoms with Gasteiger partial charge in [0.25, 0.3) is 9.84 Å². The van der Waals surface area contributed by atoms with Crippen LogP contribution in [0.1, 0.15) is 0 Å². The van der Waals surface area contributed by atoms with E-state index in [4.69, 9.17) is 0 Å². The first kappa shape index (κ1) is 26.1. The van der Waals surface area contributed by atoms with Crippen molar-refractivity contribution in [2.24, 2.45) is 0 Å². The fraction of sp³-hybridized carbons (Fsp3) is 0.133. The number of alkyl halides is 6. The van der Waals surface area contributed by atoms with Crippen molar-refractivity contribution < 1.29 is 60.9 Å². The van der Waals surface area contributed by atoms with Gasteiger partial charge in [-0.1, -0.05) is 0 Å². The molecule has 0 saturated carbocycles. The van der Waals surface area contributed by atoms with Crippen LogP contribution < -0.4 is 14.8 Å². The normalized spacial score (nSPS) is 12.8. The van der Waals surface area contributed by atoms with E-state index in [0.717, 1.165) is 12.1 Å². The van der Waals surface area contributed by atoms with E-state index in [1.165, 1.54) is 0 Å². The Labute approximate surface area is 179 Å². The number of carbonyl (C=O) groups is 1. The van der Waals surface area contributed by atoms with Crippen molar-refractivity contribution >= 4 is 37.4 Å². The van der Waals surface area contributed by atoms with Crippen LogP contribution in [0.4, 0.5) is 51.3 Å². The van der Waals surface area contributed by atoms with Crippen LogP contribution in [0.25, 0.3) is 0 Å². The van der Waals surface area contributed by atoms with Gasteiger partial charge in [-0.05, 0) is 24.3 Å². The Morgan fingerprint density at radius 1 is 0.758 bits per heavy atom. The van der Waals surface area contributed by atoms with Gasteiger partial charge in [0.05, 0.1) is 4.90 Å². The van der Waals surface area contributed by atoms with Gasteiger partial charge in [-0.2, -0.15) is 34.8 Å². The molecular weight excluding hydrogens is 520 g/mol. The number of sulfone groups is 1. The Morgan fingerprint density at radius 2 is 1.21 bits per heavy atom. The first-order chi connectivity index (χ1) is 14.8. The number of anilines is 2. The zero-order valence-corrected chi connectivity index (χ0v) is 16.9. The van der Waals surface area contributed by atoms with Gasteiger partial charge in [0.1, 0.15) is 0 Å². The maximum absolute atomic E-state index is 13.8. The first-order valence-electron chi connectivity index (χ1n) is 7.84. The van der Waals surface area contributed by atoms with Crippen LogP contribution in [-0.4, -0.2) is 33.9 Å². The molecule has 0 aliphatic carbocycles. The van der Waals surface area contributed by atoms with Gasteiger partial charge in [-0.15, -0.1) is 0 Å². The molecule has 33 heavy (non-hydrogen) atoms. The molecule has 0 heterocycles. The molecule has 8 nitrogen and oxygen atoms in total. The molecule has 2 aromatic rings. The third-order valence-corrected chi connectivity index (χ3v) is 5.92. The van der Waals surface area contributed by atoms with Gasteiger partial charge in [-0.3, -0.25) is 0 Å². The summed E-state index contributed by atoms with van der Waals surface area (Å²) in [6, 6.07) is 1.72. The number of hydrogen-bond donors (Lipinski definition) is 2. The topological polar surface area (TPSA) is 119 Å². The number of amides is 2. The summed E-state index contributed by atoms with van der Waals surface area (Å²) in [7, 11) is -12.0. The summed E-state index contributed by atoms with van der Waals surface area (Å²) in [5, 5.41) is 3.78. The first-order valence-corrected chi connectivity index (χ1v) is 10.7. The monoisotopic (exact) mass is 528 g/mol. The highest BCUT2D eigenvalue weighted by Gasteiger charge is 2.49. The highest BCUT2D eigenvalue weighted by molar-refractivity contribution is 7.92. The van der Waals surface area contributed by atoms with Crippen LogP contribution >= 0.6 is 0 Å². The van der Waals surface area contributed by atoms with E-state index in [1.807, 2.05) is 5.32 Å². The van der Waals surface area contributed by atoms with Crippen molar-refractivity contribution in [1.29, 1.82) is 0 Å². The maximum atomic E-state index is 13.8. The number of rotatable bonds is 5. The zero-order chi connectivity index (χ0) is 25.4. The van der Waals surface area contributed by atoms with Crippen LogP contribution in [0, 0.1) is 11.6 Å². The minimum Gasteiger partial charge on any atom is -0.370 e. The molecule has 0 spiro atoms. The molecular formula is C15H8F8N2O6S2. The smallest absolute Gasteiger partial charge is 0.370 e. The van der Waals surface area contributed by atoms with Crippen molar-refractivity contribution in [3.05, 3.63) is 48.0 Å². The summed E-state index contributed by atoms with van der Waals surface area (Å²) < 4.78 is 150. The lowest BCUT2D eigenvalue weighted by Crippen LogP contribution is -2.28. The molecule has 2 N–H and O–H groups in total. The van der Waals surface area contributed by atoms with Crippen molar-refractivity contribution in [3.8, 4) is 5.75 Å². The Balaban J connectivity index is 2.15. The number of halogens is 8. The predicted molar refractivity (Wildman–Crippen MR) is 94.3 cm³/mol. The SMILES string of the molecule is O=C(Nc1ccc(S(=O)(=O)C(F)(F)F)cc1)Nc1cc(F)c(OS(=O)(=O)C(F)(F)F)c(F)c1. The number of carbonyl (C=O) groups excluding carboxylic acids is 1. The summed E-state index contributed by atoms with van der Waals surface area (Å²) in [5.41, 5.74) is -12.5. The Morgan fingerprint density at radius 3 is 1.64 bits per heavy atom. The number of nitrogens with one attached hydrogen (secondary N) is 2. The average molecular weight is 528 g/mol. The summed E-state index contributed by atoms with van der Waals surface area (Å²) in [6.45, 7) is 0. The second kappa shape index (κ2) is 8.65. The molecule has 18 heteroatoms. The van der Waals surface area contributed by atoms with Crippen LogP contribution in [0.2, 0.25) is 0 Å². The fourth-order valence-corrected chi connectivity index (χ4v) is 3.25. The summed E-state index contributed by atoms with van der Waals surface area (Å²) in [6.07, 6.45) is 0. The van der Waals surface area contributed by atoms with Gasteiger partial charge in [0, 0.05) is 23.5 Å². The van der Waals surface area contributed by atoms with Gasteiger partial charge < -0.3 is 14.8 Å². The Bertz CT molecular complexity index is 1250. The van der Waals surface area contributed by atoms with E-state index in [1.54, 1.807) is 5.32 Å². The van der Waals surface area contributed by atoms with E-state index >= 15 is 0 Å². The van der Waals surface area contributed by atoms with E-state index in [9.17, 15) is 56.8 Å². The summed E-state index contributed by atoms with van der Waals surface area (Å²) >= 11 is 0. The maximum Gasteiger partial charge on any atom is 0.534 e. The highest BCUT2D eigenvalue weighted by Crippen LogP contribution is 2.33. The molecule has 2 amide bonds. The lowest BCUT2D eigenvalue weighted by Gasteiger charge is -2.13. The fourth-order valence-electron chi connectivity index (χ4n) is 2.01. The molecule has 0 bridgehead atoms. The van der Waals surface area contributed by atoms with Gasteiger partial charge in [0.15, 0.2) is 11.6 Å². The molecule has 0 aliphatic heterocycles. The number of hydrogen-bond acceptors (Lipinski definition) is 6. The van der Waals surface area contributed by atoms with E-state index in [-0.39, 0.29) is 17.8 Å². The van der Waals surface area contributed by atoms with Crippen molar-refractivity contribution in [1.82, 2.24) is 0 Å². The van der Waals surface area contributed by atoms with Crippen molar-refractivity contribution in [2.45, 2.75) is 15.9 Å². The molecule has 0 saturated heterocycles. The van der Waals surface area contributed by atoms with Crippen LogP contribution in [0.5, 0.6) is 5.75 Å². The molecule has 2 rings (SSSR count). The second-order valence-corrected chi connectivity index (χ2v) is 9.28. The lowest BCUT2D eigenvalue weighted by molar-refractivity contribution is -0.0502. The molecule has 0 aliphatic rings. The van der Waals surface area contributed by atoms with E-state index < -0.39 is 65.0 Å². The van der Waals surface area contributed by atoms with Crippen LogP contribution in [0.3, 0.4) is 0 Å². The standard InChI is InChI=1S/C15H8F8N2O6S2/c16-10-5-8(6-11(17)12(10)31-33(29,30)15(21,22)23)25-13(26)24-7-1-3-9(4-2-7)32(27,28)14(18,19)20/h1-6H,(H2,24,25,26). The third-order valence-electron chi connectivity index (χ3n) is 3.46. The molecule has 0 atom stereocenters. The number of benzene rings is 2. The molecule has 182 valence electrons. The summed E-state index contributed by atoms with van der Waals surface area (Å²) in [5.74, 6) is -5.78. The van der Waals surface area contributed by atoms with Gasteiger partial charge in [-0.25, -0.2) is 22.0 Å². The Hall–Kier alpha value is -3.15. The van der Waals surface area contributed by atoms with E-state index in [0.29, 0.717) is 12.1 Å². The summed E-state index contributed by atoms with van der Waals surface area (Å²) in [4.78, 5) is 10.7. The quantitative estimate of drug-likeness (QED) is 0.342. The number of urea groups is 1. The van der Waals surface area contributed by atoms with E-state index in [2.05, 4.69) is 4.18 Å². The van der Waals surface area contributed by atoms with Gasteiger partial charge in [0.2, 0.25) is 5.75 Å².